The first-order chi connectivity index (χ1) is 7.42. The molecule has 0 unspecified atom stereocenters. The molecule has 0 saturated heterocycles. The van der Waals surface area contributed by atoms with Crippen LogP contribution in [0.1, 0.15) is 19.3 Å². The monoisotopic (exact) mass is 251 g/mol. The Kier molecular flexibility index (Phi) is 4.28. The Hall–Kier alpha value is -0.660. The van der Waals surface area contributed by atoms with E-state index in [0.29, 0.717) is 12.8 Å². The normalized spacial score (nSPS) is 19.1. The van der Waals surface area contributed by atoms with Crippen LogP contribution in [-0.2, 0) is 19.6 Å². The fourth-order valence-electron chi connectivity index (χ4n) is 1.58. The molecule has 16 heavy (non-hydrogen) atoms. The minimum atomic E-state index is -3.42. The summed E-state index contributed by atoms with van der Waals surface area (Å²) in [7, 11) is -2.01. The first-order valence-corrected chi connectivity index (χ1v) is 6.77. The van der Waals surface area contributed by atoms with Gasteiger partial charge in [-0.05, 0) is 12.8 Å². The highest BCUT2D eigenvalue weighted by atomic mass is 32.2. The van der Waals surface area contributed by atoms with Crippen molar-refractivity contribution in [2.24, 2.45) is 5.41 Å². The lowest BCUT2D eigenvalue weighted by Crippen LogP contribution is -2.48. The van der Waals surface area contributed by atoms with Crippen LogP contribution in [-0.4, -0.2) is 45.5 Å². The van der Waals surface area contributed by atoms with Crippen molar-refractivity contribution in [3.8, 4) is 0 Å². The second-order valence-electron chi connectivity index (χ2n) is 4.07. The number of hydrogen-bond acceptors (Lipinski definition) is 4. The maximum Gasteiger partial charge on any atom is 0.310 e. The van der Waals surface area contributed by atoms with Crippen LogP contribution in [0, 0.1) is 5.41 Å². The number of aliphatic carboxylic acids is 1. The average Bonchev–Trinajstić information content (AvgIpc) is 2.12. The summed E-state index contributed by atoms with van der Waals surface area (Å²) >= 11 is 0. The molecule has 0 aromatic carbocycles. The standard InChI is InChI=1S/C9H17NO5S/c1-15-5-6-16(13,14)10-7-9(8(11)12)3-2-4-9/h10H,2-7H2,1H3,(H,11,12). The number of carbonyl (C=O) groups is 1. The van der Waals surface area contributed by atoms with Crippen molar-refractivity contribution < 1.29 is 23.1 Å². The Morgan fingerprint density at radius 1 is 1.50 bits per heavy atom. The van der Waals surface area contributed by atoms with Gasteiger partial charge in [0.05, 0.1) is 17.8 Å². The highest BCUT2D eigenvalue weighted by Crippen LogP contribution is 2.40. The van der Waals surface area contributed by atoms with Crippen molar-refractivity contribution in [2.75, 3.05) is 26.0 Å². The largest absolute Gasteiger partial charge is 0.481 e. The number of methoxy groups -OCH3 is 1. The molecule has 1 aliphatic carbocycles. The van der Waals surface area contributed by atoms with Gasteiger partial charge in [-0.25, -0.2) is 13.1 Å². The molecule has 6 nitrogen and oxygen atoms in total. The van der Waals surface area contributed by atoms with Crippen LogP contribution in [0.5, 0.6) is 0 Å². The minimum absolute atomic E-state index is 0.0195. The van der Waals surface area contributed by atoms with Crippen LogP contribution in [0.3, 0.4) is 0 Å². The third-order valence-electron chi connectivity index (χ3n) is 2.95. The highest BCUT2D eigenvalue weighted by Gasteiger charge is 2.44. The number of hydrogen-bond donors (Lipinski definition) is 2. The maximum absolute atomic E-state index is 11.4. The lowest BCUT2D eigenvalue weighted by atomic mass is 9.69. The number of ether oxygens (including phenoxy) is 1. The Morgan fingerprint density at radius 2 is 2.12 bits per heavy atom. The van der Waals surface area contributed by atoms with E-state index in [1.54, 1.807) is 0 Å². The van der Waals surface area contributed by atoms with E-state index >= 15 is 0 Å². The van der Waals surface area contributed by atoms with Crippen LogP contribution in [0.2, 0.25) is 0 Å². The topological polar surface area (TPSA) is 92.7 Å². The second kappa shape index (κ2) is 5.11. The van der Waals surface area contributed by atoms with Gasteiger partial charge in [0.25, 0.3) is 0 Å². The summed E-state index contributed by atoms with van der Waals surface area (Å²) in [5.41, 5.74) is -0.889. The van der Waals surface area contributed by atoms with E-state index in [2.05, 4.69) is 9.46 Å². The van der Waals surface area contributed by atoms with Crippen LogP contribution in [0.15, 0.2) is 0 Å². The Labute approximate surface area is 95.0 Å². The Balaban J connectivity index is 2.47. The van der Waals surface area contributed by atoms with Gasteiger partial charge in [-0.1, -0.05) is 6.42 Å². The summed E-state index contributed by atoms with van der Waals surface area (Å²) in [4.78, 5) is 11.0. The van der Waals surface area contributed by atoms with Crippen LogP contribution in [0.4, 0.5) is 0 Å². The summed E-state index contributed by atoms with van der Waals surface area (Å²) in [6, 6.07) is 0. The van der Waals surface area contributed by atoms with E-state index in [0.717, 1.165) is 6.42 Å². The summed E-state index contributed by atoms with van der Waals surface area (Å²) in [6.45, 7) is 0.0871. The smallest absolute Gasteiger partial charge is 0.310 e. The minimum Gasteiger partial charge on any atom is -0.481 e. The molecule has 0 aromatic rings. The molecule has 0 atom stereocenters. The lowest BCUT2D eigenvalue weighted by Gasteiger charge is -2.37. The van der Waals surface area contributed by atoms with Gasteiger partial charge >= 0.3 is 5.97 Å². The van der Waals surface area contributed by atoms with Gasteiger partial charge in [0.15, 0.2) is 0 Å². The van der Waals surface area contributed by atoms with E-state index in [9.17, 15) is 13.2 Å². The molecule has 0 aromatic heterocycles. The molecule has 1 fully saturated rings. The molecule has 0 spiro atoms. The van der Waals surface area contributed by atoms with Crippen molar-refractivity contribution >= 4 is 16.0 Å². The molecule has 7 heteroatoms. The van der Waals surface area contributed by atoms with E-state index in [-0.39, 0.29) is 18.9 Å². The average molecular weight is 251 g/mol. The molecule has 2 N–H and O–H groups in total. The van der Waals surface area contributed by atoms with Crippen LogP contribution < -0.4 is 4.72 Å². The van der Waals surface area contributed by atoms with E-state index in [1.807, 2.05) is 0 Å². The predicted molar refractivity (Wildman–Crippen MR) is 57.6 cm³/mol. The molecule has 1 saturated carbocycles. The lowest BCUT2D eigenvalue weighted by molar-refractivity contribution is -0.153. The third-order valence-corrected chi connectivity index (χ3v) is 4.24. The van der Waals surface area contributed by atoms with Crippen molar-refractivity contribution in [3.05, 3.63) is 0 Å². The van der Waals surface area contributed by atoms with Crippen molar-refractivity contribution in [1.82, 2.24) is 4.72 Å². The third kappa shape index (κ3) is 3.16. The van der Waals surface area contributed by atoms with Gasteiger partial charge in [0, 0.05) is 13.7 Å². The van der Waals surface area contributed by atoms with Gasteiger partial charge in [-0.3, -0.25) is 4.79 Å². The summed E-state index contributed by atoms with van der Waals surface area (Å²) in [6.07, 6.45) is 1.91. The first-order valence-electron chi connectivity index (χ1n) is 5.12. The van der Waals surface area contributed by atoms with Gasteiger partial charge in [-0.15, -0.1) is 0 Å². The summed E-state index contributed by atoms with van der Waals surface area (Å²) < 4.78 is 29.8. The fraction of sp³-hybridized carbons (Fsp3) is 0.889. The molecular formula is C9H17NO5S. The number of carboxylic acid groups (broad SMARTS) is 1. The molecule has 0 bridgehead atoms. The Morgan fingerprint density at radius 3 is 2.50 bits per heavy atom. The Bertz CT molecular complexity index is 347. The number of sulfonamides is 1. The number of nitrogens with one attached hydrogen (secondary N) is 1. The van der Waals surface area contributed by atoms with Crippen molar-refractivity contribution in [1.29, 1.82) is 0 Å². The molecule has 0 radical (unpaired) electrons. The van der Waals surface area contributed by atoms with E-state index in [4.69, 9.17) is 5.11 Å². The van der Waals surface area contributed by atoms with Gasteiger partial charge < -0.3 is 9.84 Å². The van der Waals surface area contributed by atoms with Gasteiger partial charge in [0.2, 0.25) is 10.0 Å². The molecule has 1 aliphatic rings. The fourth-order valence-corrected chi connectivity index (χ4v) is 2.61. The zero-order chi connectivity index (χ0) is 12.2. The van der Waals surface area contributed by atoms with Gasteiger partial charge in [-0.2, -0.15) is 0 Å². The molecule has 0 amide bonds. The molecule has 0 aliphatic heterocycles. The van der Waals surface area contributed by atoms with E-state index < -0.39 is 21.4 Å². The van der Waals surface area contributed by atoms with E-state index in [1.165, 1.54) is 7.11 Å². The van der Waals surface area contributed by atoms with Crippen LogP contribution in [0.25, 0.3) is 0 Å². The summed E-state index contributed by atoms with van der Waals surface area (Å²) in [5.74, 6) is -1.06. The van der Waals surface area contributed by atoms with Crippen molar-refractivity contribution in [2.45, 2.75) is 19.3 Å². The SMILES string of the molecule is COCCS(=O)(=O)NCC1(C(=O)O)CCC1. The van der Waals surface area contributed by atoms with Gasteiger partial charge in [0.1, 0.15) is 0 Å². The zero-order valence-electron chi connectivity index (χ0n) is 9.23. The molecular weight excluding hydrogens is 234 g/mol. The first kappa shape index (κ1) is 13.4. The quantitative estimate of drug-likeness (QED) is 0.654. The van der Waals surface area contributed by atoms with Crippen LogP contribution >= 0.6 is 0 Å². The second-order valence-corrected chi connectivity index (χ2v) is 6.00. The molecule has 0 heterocycles. The maximum atomic E-state index is 11.4. The molecule has 1 rings (SSSR count). The van der Waals surface area contributed by atoms with Crippen molar-refractivity contribution in [3.63, 3.8) is 0 Å². The molecule has 94 valence electrons. The number of rotatable bonds is 7. The number of carboxylic acids is 1. The zero-order valence-corrected chi connectivity index (χ0v) is 10.0. The summed E-state index contributed by atoms with van der Waals surface area (Å²) in [5, 5.41) is 9.00. The highest BCUT2D eigenvalue weighted by molar-refractivity contribution is 7.89. The predicted octanol–water partition coefficient (Wildman–Crippen LogP) is -0.193.